The molecule has 1 aromatic heterocycles. The molecule has 1 atom stereocenters. The van der Waals surface area contributed by atoms with E-state index in [4.69, 9.17) is 9.15 Å². The highest BCUT2D eigenvalue weighted by Crippen LogP contribution is 2.41. The van der Waals surface area contributed by atoms with Crippen LogP contribution < -0.4 is 4.74 Å². The average molecular weight is 460 g/mol. The number of ketones is 1. The van der Waals surface area contributed by atoms with Crippen LogP contribution in [-0.2, 0) is 16.1 Å². The first kappa shape index (κ1) is 23.4. The maximum absolute atomic E-state index is 13.2. The Labute approximate surface area is 199 Å². The number of ether oxygens (including phenoxy) is 1. The molecule has 0 bridgehead atoms. The lowest BCUT2D eigenvalue weighted by Crippen LogP contribution is -2.29. The highest BCUT2D eigenvalue weighted by molar-refractivity contribution is 6.46. The summed E-state index contributed by atoms with van der Waals surface area (Å²) >= 11 is 0. The number of rotatable bonds is 7. The van der Waals surface area contributed by atoms with E-state index in [0.717, 1.165) is 11.1 Å². The Hall–Kier alpha value is -3.80. The van der Waals surface area contributed by atoms with Gasteiger partial charge in [0.1, 0.15) is 17.3 Å². The molecule has 6 nitrogen and oxygen atoms in total. The minimum absolute atomic E-state index is 0.0456. The van der Waals surface area contributed by atoms with Gasteiger partial charge in [0.2, 0.25) is 0 Å². The minimum atomic E-state index is -0.749. The molecule has 0 radical (unpaired) electrons. The van der Waals surface area contributed by atoms with Crippen LogP contribution in [0.4, 0.5) is 0 Å². The highest BCUT2D eigenvalue weighted by atomic mass is 16.5. The van der Waals surface area contributed by atoms with Crippen molar-refractivity contribution in [2.24, 2.45) is 0 Å². The van der Waals surface area contributed by atoms with Crippen molar-refractivity contribution in [1.29, 1.82) is 0 Å². The average Bonchev–Trinajstić information content (AvgIpc) is 3.41. The largest absolute Gasteiger partial charge is 0.507 e. The van der Waals surface area contributed by atoms with Gasteiger partial charge in [0, 0.05) is 5.56 Å². The molecule has 1 amide bonds. The summed E-state index contributed by atoms with van der Waals surface area (Å²) in [7, 11) is 0. The Kier molecular flexibility index (Phi) is 6.59. The van der Waals surface area contributed by atoms with Crippen LogP contribution in [0.3, 0.4) is 0 Å². The van der Waals surface area contributed by atoms with Gasteiger partial charge >= 0.3 is 0 Å². The van der Waals surface area contributed by atoms with Crippen molar-refractivity contribution in [3.63, 3.8) is 0 Å². The van der Waals surface area contributed by atoms with Gasteiger partial charge in [-0.2, -0.15) is 0 Å². The maximum atomic E-state index is 13.2. The molecule has 0 saturated carbocycles. The van der Waals surface area contributed by atoms with E-state index >= 15 is 0 Å². The summed E-state index contributed by atoms with van der Waals surface area (Å²) in [6.07, 6.45) is 1.48. The molecule has 1 fully saturated rings. The molecule has 0 spiro atoms. The number of furan rings is 1. The summed E-state index contributed by atoms with van der Waals surface area (Å²) in [5.74, 6) is -0.165. The monoisotopic (exact) mass is 459 g/mol. The number of benzene rings is 2. The zero-order valence-electron chi connectivity index (χ0n) is 19.8. The van der Waals surface area contributed by atoms with E-state index < -0.39 is 17.7 Å². The Morgan fingerprint density at radius 3 is 2.38 bits per heavy atom. The summed E-state index contributed by atoms with van der Waals surface area (Å²) in [5, 5.41) is 11.3. The van der Waals surface area contributed by atoms with Gasteiger partial charge in [0.25, 0.3) is 11.7 Å². The van der Waals surface area contributed by atoms with Crippen molar-refractivity contribution in [3.05, 3.63) is 95.0 Å². The predicted octanol–water partition coefficient (Wildman–Crippen LogP) is 5.81. The maximum Gasteiger partial charge on any atom is 0.296 e. The van der Waals surface area contributed by atoms with Crippen LogP contribution in [-0.4, -0.2) is 27.8 Å². The summed E-state index contributed by atoms with van der Waals surface area (Å²) in [6, 6.07) is 17.4. The summed E-state index contributed by atoms with van der Waals surface area (Å²) in [6.45, 7) is 8.14. The summed E-state index contributed by atoms with van der Waals surface area (Å²) in [4.78, 5) is 27.8. The molecule has 2 aromatic carbocycles. The van der Waals surface area contributed by atoms with Crippen molar-refractivity contribution in [1.82, 2.24) is 4.90 Å². The van der Waals surface area contributed by atoms with Gasteiger partial charge in [0.05, 0.1) is 30.5 Å². The zero-order chi connectivity index (χ0) is 24.4. The van der Waals surface area contributed by atoms with Gasteiger partial charge in [0.15, 0.2) is 0 Å². The van der Waals surface area contributed by atoms with Gasteiger partial charge in [-0.15, -0.1) is 0 Å². The molecule has 6 heteroatoms. The molecule has 34 heavy (non-hydrogen) atoms. The number of hydrogen-bond donors (Lipinski definition) is 1. The van der Waals surface area contributed by atoms with E-state index in [1.165, 1.54) is 11.2 Å². The fourth-order valence-electron chi connectivity index (χ4n) is 4.17. The van der Waals surface area contributed by atoms with E-state index in [9.17, 15) is 14.7 Å². The number of nitrogens with zero attached hydrogens (tertiary/aromatic N) is 1. The molecule has 4 rings (SSSR count). The van der Waals surface area contributed by atoms with Crippen LogP contribution in [0.1, 0.15) is 62.1 Å². The Morgan fingerprint density at radius 2 is 1.76 bits per heavy atom. The number of likely N-dealkylation sites (tertiary alicyclic amines) is 1. The lowest BCUT2D eigenvalue weighted by atomic mass is 9.93. The first-order valence-corrected chi connectivity index (χ1v) is 11.4. The van der Waals surface area contributed by atoms with Gasteiger partial charge in [-0.3, -0.25) is 9.59 Å². The molecule has 3 aromatic rings. The van der Waals surface area contributed by atoms with Crippen molar-refractivity contribution >= 4 is 17.4 Å². The van der Waals surface area contributed by atoms with Crippen molar-refractivity contribution < 1.29 is 23.8 Å². The summed E-state index contributed by atoms with van der Waals surface area (Å²) < 4.78 is 11.2. The lowest BCUT2D eigenvalue weighted by Gasteiger charge is -2.25. The number of amides is 1. The molecule has 1 aliphatic rings. The minimum Gasteiger partial charge on any atom is -0.507 e. The first-order chi connectivity index (χ1) is 16.3. The predicted molar refractivity (Wildman–Crippen MR) is 129 cm³/mol. The second kappa shape index (κ2) is 9.59. The van der Waals surface area contributed by atoms with Crippen LogP contribution >= 0.6 is 0 Å². The molecule has 1 saturated heterocycles. The molecule has 1 aliphatic heterocycles. The molecule has 1 N–H and O–H groups in total. The smallest absolute Gasteiger partial charge is 0.296 e. The molecular weight excluding hydrogens is 430 g/mol. The van der Waals surface area contributed by atoms with Gasteiger partial charge in [-0.1, -0.05) is 50.2 Å². The van der Waals surface area contributed by atoms with Crippen LogP contribution in [0, 0.1) is 0 Å². The van der Waals surface area contributed by atoms with Crippen molar-refractivity contribution in [3.8, 4) is 5.75 Å². The zero-order valence-corrected chi connectivity index (χ0v) is 19.8. The van der Waals surface area contributed by atoms with E-state index in [2.05, 4.69) is 13.8 Å². The topological polar surface area (TPSA) is 80.0 Å². The van der Waals surface area contributed by atoms with E-state index in [-0.39, 0.29) is 24.0 Å². The van der Waals surface area contributed by atoms with E-state index in [1.54, 1.807) is 36.4 Å². The standard InChI is InChI=1S/C28H29NO5/c1-17(2)19-10-12-20(13-11-19)25-24(26(30)21-7-5-8-22(15-21)34-18(3)4)27(31)28(32)29(25)16-23-9-6-14-33-23/h5-15,17-18,25,30H,16H2,1-4H3/b26-24-. The van der Waals surface area contributed by atoms with Crippen molar-refractivity contribution in [2.45, 2.75) is 52.3 Å². The van der Waals surface area contributed by atoms with Crippen LogP contribution in [0.2, 0.25) is 0 Å². The molecule has 1 unspecified atom stereocenters. The van der Waals surface area contributed by atoms with Crippen LogP contribution in [0.15, 0.2) is 76.9 Å². The fraction of sp³-hybridized carbons (Fsp3) is 0.286. The molecule has 2 heterocycles. The van der Waals surface area contributed by atoms with E-state index in [1.807, 2.05) is 38.1 Å². The third kappa shape index (κ3) is 4.62. The second-order valence-corrected chi connectivity index (χ2v) is 9.02. The number of aliphatic hydroxyl groups excluding tert-OH is 1. The fourth-order valence-corrected chi connectivity index (χ4v) is 4.17. The Balaban J connectivity index is 1.83. The van der Waals surface area contributed by atoms with Crippen LogP contribution in [0.25, 0.3) is 5.76 Å². The third-order valence-corrected chi connectivity index (χ3v) is 5.84. The van der Waals surface area contributed by atoms with Gasteiger partial charge < -0.3 is 19.2 Å². The summed E-state index contributed by atoms with van der Waals surface area (Å²) in [5.41, 5.74) is 2.35. The highest BCUT2D eigenvalue weighted by Gasteiger charge is 2.46. The first-order valence-electron chi connectivity index (χ1n) is 11.4. The molecule has 176 valence electrons. The number of aliphatic hydroxyl groups is 1. The van der Waals surface area contributed by atoms with Crippen LogP contribution in [0.5, 0.6) is 5.75 Å². The van der Waals surface area contributed by atoms with Gasteiger partial charge in [-0.25, -0.2) is 0 Å². The SMILES string of the molecule is CC(C)Oc1cccc(/C(O)=C2/C(=O)C(=O)N(Cc3ccco3)C2c2ccc(C(C)C)cc2)c1. The lowest BCUT2D eigenvalue weighted by molar-refractivity contribution is -0.140. The number of carbonyl (C=O) groups is 2. The normalized spacial score (nSPS) is 17.7. The number of hydrogen-bond acceptors (Lipinski definition) is 5. The van der Waals surface area contributed by atoms with Gasteiger partial charge in [-0.05, 0) is 55.2 Å². The quantitative estimate of drug-likeness (QED) is 0.274. The van der Waals surface area contributed by atoms with E-state index in [0.29, 0.717) is 23.0 Å². The number of carbonyl (C=O) groups excluding carboxylic acids is 2. The Morgan fingerprint density at radius 1 is 1.03 bits per heavy atom. The molecule has 0 aliphatic carbocycles. The second-order valence-electron chi connectivity index (χ2n) is 9.02. The third-order valence-electron chi connectivity index (χ3n) is 5.84. The number of Topliss-reactive ketones (excluding diaryl/α,β-unsaturated/α-hetero) is 1. The molecular formula is C28H29NO5. The van der Waals surface area contributed by atoms with Crippen molar-refractivity contribution in [2.75, 3.05) is 0 Å². The Bertz CT molecular complexity index is 1210.